The first-order valence-corrected chi connectivity index (χ1v) is 20.5. The van der Waals surface area contributed by atoms with Crippen molar-refractivity contribution in [3.05, 3.63) is 217 Å². The number of hydrogen-bond acceptors (Lipinski definition) is 2. The van der Waals surface area contributed by atoms with Gasteiger partial charge in [-0.15, -0.1) is 0 Å². The van der Waals surface area contributed by atoms with Crippen molar-refractivity contribution in [2.75, 3.05) is 9.80 Å². The van der Waals surface area contributed by atoms with Crippen LogP contribution in [0.1, 0.15) is 28.3 Å². The minimum Gasteiger partial charge on any atom is -0.333 e. The summed E-state index contributed by atoms with van der Waals surface area (Å²) in [5.74, 6) is 0.284. The van der Waals surface area contributed by atoms with E-state index in [1.54, 1.807) is 0 Å². The summed E-state index contributed by atoms with van der Waals surface area (Å²) in [6, 6.07) is 63.1. The fourth-order valence-electron chi connectivity index (χ4n) is 10.8. The van der Waals surface area contributed by atoms with E-state index in [1.807, 2.05) is 0 Å². The highest BCUT2D eigenvalue weighted by molar-refractivity contribution is 6.15. The zero-order chi connectivity index (χ0) is 37.9. The summed E-state index contributed by atoms with van der Waals surface area (Å²) in [7, 11) is 0. The van der Waals surface area contributed by atoms with E-state index in [1.165, 1.54) is 89.1 Å². The van der Waals surface area contributed by atoms with Crippen LogP contribution in [0, 0.1) is 0 Å². The number of fused-ring (bicyclic) bond motifs is 13. The van der Waals surface area contributed by atoms with Crippen molar-refractivity contribution >= 4 is 67.1 Å². The van der Waals surface area contributed by atoms with Crippen LogP contribution in [0.3, 0.4) is 0 Å². The van der Waals surface area contributed by atoms with Crippen molar-refractivity contribution < 1.29 is 0 Å². The molecule has 2 aromatic heterocycles. The molecule has 0 N–H and O–H groups in total. The lowest BCUT2D eigenvalue weighted by Crippen LogP contribution is -2.30. The Bertz CT molecular complexity index is 3220. The Hall–Kier alpha value is -7.30. The molecule has 4 aliphatic rings. The normalized spacial score (nSPS) is 18.7. The second-order valence-corrected chi connectivity index (χ2v) is 16.0. The maximum Gasteiger partial charge on any atom is 0.0782 e. The second kappa shape index (κ2) is 12.1. The van der Waals surface area contributed by atoms with Gasteiger partial charge in [0, 0.05) is 62.5 Å². The summed E-state index contributed by atoms with van der Waals surface area (Å²) in [6.45, 7) is 0. The molecule has 0 radical (unpaired) electrons. The molecule has 0 saturated carbocycles. The van der Waals surface area contributed by atoms with Crippen LogP contribution in [-0.4, -0.2) is 21.2 Å². The predicted molar refractivity (Wildman–Crippen MR) is 241 cm³/mol. The van der Waals surface area contributed by atoms with E-state index in [0.717, 1.165) is 12.1 Å². The number of benzene rings is 7. The summed E-state index contributed by atoms with van der Waals surface area (Å²) < 4.78 is 5.01. The highest BCUT2D eigenvalue weighted by atomic mass is 15.2. The highest BCUT2D eigenvalue weighted by Gasteiger charge is 2.41. The van der Waals surface area contributed by atoms with Crippen LogP contribution >= 0.6 is 0 Å². The topological polar surface area (TPSA) is 16.3 Å². The summed E-state index contributed by atoms with van der Waals surface area (Å²) in [4.78, 5) is 5.12. The standard InChI is InChI=1S/C54H38N4/c1-3-15-35(16-4-1)55-47-23-11-9-21-41(47)45-34-52-46(33-51(45)55)42-22-10-12-24-48(42)56(52)37-27-29-38(30-28-37)58-50-26-14-8-20-40(50)44-32-31-43-39-19-7-13-25-49(39)57(53(43)54(44)58)36-17-5-2-6-18-36/h1-32,34,39,49,51H,33H2. The van der Waals surface area contributed by atoms with Gasteiger partial charge >= 0.3 is 0 Å². The van der Waals surface area contributed by atoms with E-state index in [9.17, 15) is 0 Å². The quantitative estimate of drug-likeness (QED) is 0.179. The molecule has 13 rings (SSSR count). The van der Waals surface area contributed by atoms with Crippen molar-refractivity contribution in [3.8, 4) is 11.4 Å². The Morgan fingerprint density at radius 3 is 1.86 bits per heavy atom. The van der Waals surface area contributed by atoms with Crippen molar-refractivity contribution in [2.24, 2.45) is 0 Å². The van der Waals surface area contributed by atoms with Crippen LogP contribution in [0.15, 0.2) is 194 Å². The van der Waals surface area contributed by atoms with E-state index >= 15 is 0 Å². The number of allylic oxidation sites excluding steroid dienone is 2. The zero-order valence-electron chi connectivity index (χ0n) is 31.8. The molecule has 274 valence electrons. The van der Waals surface area contributed by atoms with Crippen LogP contribution < -0.4 is 9.80 Å². The molecule has 3 atom stereocenters. The Labute approximate surface area is 337 Å². The summed E-state index contributed by atoms with van der Waals surface area (Å²) in [5.41, 5.74) is 17.8. The van der Waals surface area contributed by atoms with Crippen LogP contribution in [0.4, 0.5) is 22.7 Å². The van der Waals surface area contributed by atoms with Crippen LogP contribution in [-0.2, 0) is 6.42 Å². The Morgan fingerprint density at radius 1 is 0.466 bits per heavy atom. The highest BCUT2D eigenvalue weighted by Crippen LogP contribution is 2.53. The summed E-state index contributed by atoms with van der Waals surface area (Å²) >= 11 is 0. The summed E-state index contributed by atoms with van der Waals surface area (Å²) in [6.07, 6.45) is 12.6. The van der Waals surface area contributed by atoms with Crippen molar-refractivity contribution in [1.29, 1.82) is 0 Å². The first-order valence-electron chi connectivity index (χ1n) is 20.5. The third-order valence-electron chi connectivity index (χ3n) is 13.1. The van der Waals surface area contributed by atoms with Crippen molar-refractivity contribution in [3.63, 3.8) is 0 Å². The third-order valence-corrected chi connectivity index (χ3v) is 13.1. The largest absolute Gasteiger partial charge is 0.333 e. The van der Waals surface area contributed by atoms with Gasteiger partial charge in [-0.25, -0.2) is 0 Å². The Morgan fingerprint density at radius 2 is 1.09 bits per heavy atom. The molecule has 4 nitrogen and oxygen atoms in total. The van der Waals surface area contributed by atoms with Gasteiger partial charge in [0.2, 0.25) is 0 Å². The number of anilines is 4. The molecule has 0 bridgehead atoms. The van der Waals surface area contributed by atoms with E-state index in [0.29, 0.717) is 0 Å². The first-order chi connectivity index (χ1) is 28.8. The van der Waals surface area contributed by atoms with Crippen LogP contribution in [0.25, 0.3) is 55.7 Å². The number of nitrogens with zero attached hydrogens (tertiary/aromatic N) is 4. The Balaban J connectivity index is 0.996. The zero-order valence-corrected chi connectivity index (χ0v) is 31.8. The molecular weight excluding hydrogens is 705 g/mol. The van der Waals surface area contributed by atoms with E-state index in [4.69, 9.17) is 0 Å². The molecule has 0 saturated heterocycles. The Kier molecular flexibility index (Phi) is 6.65. The average molecular weight is 743 g/mol. The fraction of sp³-hybridized carbons (Fsp3) is 0.0741. The molecule has 2 aliphatic heterocycles. The minimum absolute atomic E-state index is 0.218. The molecule has 58 heavy (non-hydrogen) atoms. The number of para-hydroxylation sites is 5. The molecule has 2 aliphatic carbocycles. The van der Waals surface area contributed by atoms with Gasteiger partial charge in [-0.3, -0.25) is 0 Å². The van der Waals surface area contributed by atoms with E-state index in [-0.39, 0.29) is 18.0 Å². The first kappa shape index (κ1) is 31.9. The lowest BCUT2D eigenvalue weighted by atomic mass is 9.89. The van der Waals surface area contributed by atoms with Crippen molar-refractivity contribution in [1.82, 2.24) is 9.13 Å². The smallest absolute Gasteiger partial charge is 0.0782 e. The van der Waals surface area contributed by atoms with Crippen LogP contribution in [0.2, 0.25) is 0 Å². The molecule has 0 amide bonds. The number of aromatic nitrogens is 2. The average Bonchev–Trinajstić information content (AvgIpc) is 4.01. The maximum absolute atomic E-state index is 2.57. The molecule has 4 heteroatoms. The second-order valence-electron chi connectivity index (χ2n) is 16.0. The van der Waals surface area contributed by atoms with Gasteiger partial charge in [-0.05, 0) is 89.5 Å². The monoisotopic (exact) mass is 742 g/mol. The van der Waals surface area contributed by atoms with Gasteiger partial charge < -0.3 is 18.9 Å². The minimum atomic E-state index is 0.218. The van der Waals surface area contributed by atoms with Gasteiger partial charge in [-0.1, -0.05) is 127 Å². The molecule has 9 aromatic rings. The van der Waals surface area contributed by atoms with Crippen molar-refractivity contribution in [2.45, 2.75) is 24.4 Å². The van der Waals surface area contributed by atoms with E-state index in [2.05, 4.69) is 219 Å². The van der Waals surface area contributed by atoms with Gasteiger partial charge in [0.05, 0.1) is 40.0 Å². The van der Waals surface area contributed by atoms with Gasteiger partial charge in [0.25, 0.3) is 0 Å². The van der Waals surface area contributed by atoms with Crippen LogP contribution in [0.5, 0.6) is 0 Å². The van der Waals surface area contributed by atoms with Gasteiger partial charge in [0.1, 0.15) is 0 Å². The number of rotatable bonds is 4. The molecule has 7 aromatic carbocycles. The SMILES string of the molecule is C1=CC2c3ccc4c5ccccc5n(-c5ccc(-n6c7c(c8ccccc86)CC6C(=C7)c7ccccc7N6c6ccccc6)cc5)c4c3N(c3ccccc3)C2C=C1. The van der Waals surface area contributed by atoms with Gasteiger partial charge in [-0.2, -0.15) is 0 Å². The molecule has 0 fully saturated rings. The maximum atomic E-state index is 2.57. The molecule has 3 unspecified atom stereocenters. The lowest BCUT2D eigenvalue weighted by molar-refractivity contribution is 0.745. The third kappa shape index (κ3) is 4.34. The molecular formula is C54H38N4. The summed E-state index contributed by atoms with van der Waals surface area (Å²) in [5, 5.41) is 3.87. The predicted octanol–water partition coefficient (Wildman–Crippen LogP) is 13.1. The lowest BCUT2D eigenvalue weighted by Gasteiger charge is -2.30. The van der Waals surface area contributed by atoms with E-state index < -0.39 is 0 Å². The van der Waals surface area contributed by atoms with Gasteiger partial charge in [0.15, 0.2) is 0 Å². The molecule has 0 spiro atoms. The molecule has 4 heterocycles. The number of hydrogen-bond donors (Lipinski definition) is 0. The fourth-order valence-corrected chi connectivity index (χ4v) is 10.8.